The number of rotatable bonds is 6. The van der Waals surface area contributed by atoms with Crippen LogP contribution >= 0.6 is 0 Å². The summed E-state index contributed by atoms with van der Waals surface area (Å²) in [6, 6.07) is 4.72. The van der Waals surface area contributed by atoms with Crippen molar-refractivity contribution in [3.8, 4) is 0 Å². The van der Waals surface area contributed by atoms with Gasteiger partial charge in [-0.15, -0.1) is 0 Å². The van der Waals surface area contributed by atoms with Crippen LogP contribution in [-0.4, -0.2) is 36.1 Å². The zero-order valence-electron chi connectivity index (χ0n) is 10.9. The van der Waals surface area contributed by atoms with Crippen LogP contribution in [0, 0.1) is 0 Å². The average molecular weight is 233 g/mol. The minimum Gasteiger partial charge on any atom is -0.307 e. The third-order valence-electron chi connectivity index (χ3n) is 3.67. The Morgan fingerprint density at radius 3 is 3.00 bits per heavy atom. The summed E-state index contributed by atoms with van der Waals surface area (Å²) in [5.74, 6) is 0. The highest BCUT2D eigenvalue weighted by molar-refractivity contribution is 5.27. The Hall–Kier alpha value is -0.930. The molecule has 0 spiro atoms. The first-order chi connectivity index (χ1) is 8.35. The van der Waals surface area contributed by atoms with E-state index in [1.54, 1.807) is 0 Å². The molecule has 1 unspecified atom stereocenters. The van der Waals surface area contributed by atoms with Gasteiger partial charge in [0.05, 0.1) is 11.7 Å². The highest BCUT2D eigenvalue weighted by Gasteiger charge is 2.22. The van der Waals surface area contributed by atoms with Gasteiger partial charge in [-0.2, -0.15) is 0 Å². The molecule has 1 heterocycles. The van der Waals surface area contributed by atoms with Crippen LogP contribution in [0.5, 0.6) is 0 Å². The van der Waals surface area contributed by atoms with E-state index in [2.05, 4.69) is 35.1 Å². The van der Waals surface area contributed by atoms with Gasteiger partial charge in [0, 0.05) is 19.3 Å². The number of hydrogen-bond acceptors (Lipinski definition) is 3. The largest absolute Gasteiger partial charge is 0.307 e. The number of fused-ring (bicyclic) bond motifs is 1. The first kappa shape index (κ1) is 12.5. The molecule has 0 aromatic carbocycles. The highest BCUT2D eigenvalue weighted by Crippen LogP contribution is 2.28. The summed E-state index contributed by atoms with van der Waals surface area (Å²) in [5.41, 5.74) is 2.69. The van der Waals surface area contributed by atoms with Crippen molar-refractivity contribution >= 4 is 0 Å². The molecule has 0 bridgehead atoms. The SMILES string of the molecule is CCN(CC)CCNC1CCc2cccnc21. The molecule has 1 N–H and O–H groups in total. The Morgan fingerprint density at radius 2 is 2.24 bits per heavy atom. The molecule has 2 rings (SSSR count). The molecule has 0 saturated heterocycles. The van der Waals surface area contributed by atoms with Crippen molar-refractivity contribution in [2.75, 3.05) is 26.2 Å². The normalized spacial score (nSPS) is 18.6. The van der Waals surface area contributed by atoms with Crippen LogP contribution in [0.3, 0.4) is 0 Å². The Kier molecular flexibility index (Phi) is 4.51. The van der Waals surface area contributed by atoms with Gasteiger partial charge in [-0.1, -0.05) is 19.9 Å². The molecule has 3 heteroatoms. The second-order valence-corrected chi connectivity index (χ2v) is 4.62. The molecular formula is C14H23N3. The molecule has 17 heavy (non-hydrogen) atoms. The van der Waals surface area contributed by atoms with E-state index in [9.17, 15) is 0 Å². The van der Waals surface area contributed by atoms with Gasteiger partial charge in [0.1, 0.15) is 0 Å². The van der Waals surface area contributed by atoms with Crippen molar-refractivity contribution in [1.82, 2.24) is 15.2 Å². The van der Waals surface area contributed by atoms with Gasteiger partial charge in [-0.3, -0.25) is 4.98 Å². The molecule has 0 radical (unpaired) electrons. The van der Waals surface area contributed by atoms with E-state index in [0.717, 1.165) is 26.2 Å². The lowest BCUT2D eigenvalue weighted by Crippen LogP contribution is -2.33. The Morgan fingerprint density at radius 1 is 1.41 bits per heavy atom. The molecule has 3 nitrogen and oxygen atoms in total. The monoisotopic (exact) mass is 233 g/mol. The topological polar surface area (TPSA) is 28.2 Å². The summed E-state index contributed by atoms with van der Waals surface area (Å²) >= 11 is 0. The molecule has 1 aromatic heterocycles. The third kappa shape index (κ3) is 3.05. The lowest BCUT2D eigenvalue weighted by Gasteiger charge is -2.20. The summed E-state index contributed by atoms with van der Waals surface area (Å²) in [7, 11) is 0. The number of hydrogen-bond donors (Lipinski definition) is 1. The fraction of sp³-hybridized carbons (Fsp3) is 0.643. The molecule has 1 aliphatic rings. The van der Waals surface area contributed by atoms with E-state index in [4.69, 9.17) is 0 Å². The van der Waals surface area contributed by atoms with Crippen LogP contribution in [0.25, 0.3) is 0 Å². The van der Waals surface area contributed by atoms with Crippen LogP contribution < -0.4 is 5.32 Å². The zero-order chi connectivity index (χ0) is 12.1. The maximum Gasteiger partial charge on any atom is 0.0605 e. The minimum absolute atomic E-state index is 0.474. The predicted molar refractivity (Wildman–Crippen MR) is 71.1 cm³/mol. The molecular weight excluding hydrogens is 210 g/mol. The van der Waals surface area contributed by atoms with E-state index >= 15 is 0 Å². The van der Waals surface area contributed by atoms with Crippen molar-refractivity contribution in [2.24, 2.45) is 0 Å². The second kappa shape index (κ2) is 6.12. The van der Waals surface area contributed by atoms with Gasteiger partial charge in [0.25, 0.3) is 0 Å². The Balaban J connectivity index is 1.82. The quantitative estimate of drug-likeness (QED) is 0.814. The average Bonchev–Trinajstić information content (AvgIpc) is 2.78. The summed E-state index contributed by atoms with van der Waals surface area (Å²) in [4.78, 5) is 6.95. The van der Waals surface area contributed by atoms with E-state index in [1.165, 1.54) is 24.1 Å². The molecule has 1 aromatic rings. The second-order valence-electron chi connectivity index (χ2n) is 4.62. The third-order valence-corrected chi connectivity index (χ3v) is 3.67. The van der Waals surface area contributed by atoms with Gasteiger partial charge < -0.3 is 10.2 Å². The van der Waals surface area contributed by atoms with Gasteiger partial charge in [0.2, 0.25) is 0 Å². The maximum absolute atomic E-state index is 4.50. The summed E-state index contributed by atoms with van der Waals surface area (Å²) < 4.78 is 0. The minimum atomic E-state index is 0.474. The van der Waals surface area contributed by atoms with E-state index in [1.807, 2.05) is 12.3 Å². The van der Waals surface area contributed by atoms with Gasteiger partial charge >= 0.3 is 0 Å². The number of pyridine rings is 1. The van der Waals surface area contributed by atoms with Crippen LogP contribution in [0.1, 0.15) is 37.6 Å². The number of likely N-dealkylation sites (N-methyl/N-ethyl adjacent to an activating group) is 1. The van der Waals surface area contributed by atoms with E-state index in [0.29, 0.717) is 6.04 Å². The van der Waals surface area contributed by atoms with Crippen molar-refractivity contribution in [2.45, 2.75) is 32.7 Å². The zero-order valence-corrected chi connectivity index (χ0v) is 10.9. The smallest absolute Gasteiger partial charge is 0.0605 e. The molecule has 0 amide bonds. The van der Waals surface area contributed by atoms with Crippen molar-refractivity contribution in [3.05, 3.63) is 29.6 Å². The predicted octanol–water partition coefficient (Wildman–Crippen LogP) is 2.00. The van der Waals surface area contributed by atoms with Crippen LogP contribution in [0.15, 0.2) is 18.3 Å². The summed E-state index contributed by atoms with van der Waals surface area (Å²) in [6.07, 6.45) is 4.28. The fourth-order valence-corrected chi connectivity index (χ4v) is 2.55. The first-order valence-electron chi connectivity index (χ1n) is 6.74. The van der Waals surface area contributed by atoms with Gasteiger partial charge in [0.15, 0.2) is 0 Å². The van der Waals surface area contributed by atoms with Crippen molar-refractivity contribution in [3.63, 3.8) is 0 Å². The van der Waals surface area contributed by atoms with Crippen molar-refractivity contribution < 1.29 is 0 Å². The Bertz CT molecular complexity index is 347. The Labute approximate surface area is 104 Å². The summed E-state index contributed by atoms with van der Waals surface area (Å²) in [5, 5.41) is 3.63. The van der Waals surface area contributed by atoms with Crippen LogP contribution in [0.4, 0.5) is 0 Å². The highest BCUT2D eigenvalue weighted by atomic mass is 15.1. The number of nitrogens with one attached hydrogen (secondary N) is 1. The van der Waals surface area contributed by atoms with Gasteiger partial charge in [-0.05, 0) is 37.6 Å². The van der Waals surface area contributed by atoms with Crippen molar-refractivity contribution in [1.29, 1.82) is 0 Å². The lowest BCUT2D eigenvalue weighted by atomic mass is 10.2. The molecule has 1 atom stereocenters. The molecule has 94 valence electrons. The number of nitrogens with zero attached hydrogens (tertiary/aromatic N) is 2. The lowest BCUT2D eigenvalue weighted by molar-refractivity contribution is 0.296. The van der Waals surface area contributed by atoms with Crippen LogP contribution in [-0.2, 0) is 6.42 Å². The van der Waals surface area contributed by atoms with E-state index in [-0.39, 0.29) is 0 Å². The molecule has 0 fully saturated rings. The first-order valence-corrected chi connectivity index (χ1v) is 6.74. The fourth-order valence-electron chi connectivity index (χ4n) is 2.55. The number of aryl methyl sites for hydroxylation is 1. The molecule has 0 saturated carbocycles. The summed E-state index contributed by atoms with van der Waals surface area (Å²) in [6.45, 7) is 8.90. The molecule has 1 aliphatic carbocycles. The number of aromatic nitrogens is 1. The van der Waals surface area contributed by atoms with Crippen LogP contribution in [0.2, 0.25) is 0 Å². The van der Waals surface area contributed by atoms with Gasteiger partial charge in [-0.25, -0.2) is 0 Å². The van der Waals surface area contributed by atoms with E-state index < -0.39 is 0 Å². The standard InChI is InChI=1S/C14H23N3/c1-3-17(4-2)11-10-15-13-8-7-12-6-5-9-16-14(12)13/h5-6,9,13,15H,3-4,7-8,10-11H2,1-2H3. The molecule has 0 aliphatic heterocycles. The maximum atomic E-state index is 4.50.